The van der Waals surface area contributed by atoms with E-state index in [0.717, 1.165) is 0 Å². The zero-order valence-electron chi connectivity index (χ0n) is 11.5. The van der Waals surface area contributed by atoms with Crippen molar-refractivity contribution in [2.24, 2.45) is 5.92 Å². The zero-order chi connectivity index (χ0) is 14.4. The molecule has 0 bridgehead atoms. The van der Waals surface area contributed by atoms with Crippen molar-refractivity contribution >= 4 is 5.91 Å². The van der Waals surface area contributed by atoms with Gasteiger partial charge in [-0.05, 0) is 26.1 Å². The molecule has 1 aromatic carbocycles. The first-order chi connectivity index (χ1) is 9.01. The third kappa shape index (κ3) is 3.99. The minimum atomic E-state index is -0.618. The van der Waals surface area contributed by atoms with E-state index in [1.165, 1.54) is 23.1 Å². The Bertz CT molecular complexity index is 417. The maximum Gasteiger partial charge on any atom is 0.226 e. The highest BCUT2D eigenvalue weighted by Crippen LogP contribution is 2.16. The molecule has 3 nitrogen and oxygen atoms in total. The van der Waals surface area contributed by atoms with E-state index in [0.29, 0.717) is 13.1 Å². The molecule has 0 saturated heterocycles. The average Bonchev–Trinajstić information content (AvgIpc) is 2.38. The molecule has 0 radical (unpaired) electrons. The van der Waals surface area contributed by atoms with Crippen molar-refractivity contribution in [3.05, 3.63) is 35.4 Å². The SMILES string of the molecule is CCN(Cc1c(F)cccc1F)C(=O)C(C)CNC. The maximum atomic E-state index is 13.6. The van der Waals surface area contributed by atoms with Gasteiger partial charge in [-0.3, -0.25) is 4.79 Å². The summed E-state index contributed by atoms with van der Waals surface area (Å²) in [5.41, 5.74) is -0.0608. The van der Waals surface area contributed by atoms with Gasteiger partial charge in [-0.2, -0.15) is 0 Å². The average molecular weight is 270 g/mol. The predicted octanol–water partition coefficient (Wildman–Crippen LogP) is 2.17. The van der Waals surface area contributed by atoms with Gasteiger partial charge in [-0.15, -0.1) is 0 Å². The molecule has 0 aliphatic carbocycles. The molecule has 0 aliphatic rings. The van der Waals surface area contributed by atoms with Crippen molar-refractivity contribution < 1.29 is 13.6 Å². The van der Waals surface area contributed by atoms with E-state index in [1.54, 1.807) is 20.9 Å². The molecule has 0 aliphatic heterocycles. The van der Waals surface area contributed by atoms with E-state index in [1.807, 2.05) is 0 Å². The molecule has 0 fully saturated rings. The molecule has 0 saturated carbocycles. The van der Waals surface area contributed by atoms with Gasteiger partial charge in [0.1, 0.15) is 11.6 Å². The molecule has 19 heavy (non-hydrogen) atoms. The lowest BCUT2D eigenvalue weighted by Gasteiger charge is -2.24. The molecule has 1 N–H and O–H groups in total. The summed E-state index contributed by atoms with van der Waals surface area (Å²) in [5, 5.41) is 2.92. The lowest BCUT2D eigenvalue weighted by molar-refractivity contribution is -0.135. The van der Waals surface area contributed by atoms with E-state index in [2.05, 4.69) is 5.32 Å². The standard InChI is InChI=1S/C14H20F2N2O/c1-4-18(14(19)10(2)8-17-3)9-11-12(15)6-5-7-13(11)16/h5-7,10,17H,4,8-9H2,1-3H3. The third-order valence-electron chi connectivity index (χ3n) is 3.04. The van der Waals surface area contributed by atoms with Gasteiger partial charge in [0.25, 0.3) is 0 Å². The Morgan fingerprint density at radius 2 is 1.95 bits per heavy atom. The van der Waals surface area contributed by atoms with Crippen LogP contribution in [0.3, 0.4) is 0 Å². The van der Waals surface area contributed by atoms with Crippen molar-refractivity contribution in [1.29, 1.82) is 0 Å². The quantitative estimate of drug-likeness (QED) is 0.859. The maximum absolute atomic E-state index is 13.6. The van der Waals surface area contributed by atoms with Gasteiger partial charge in [0.2, 0.25) is 5.91 Å². The van der Waals surface area contributed by atoms with E-state index in [-0.39, 0.29) is 23.9 Å². The van der Waals surface area contributed by atoms with Crippen LogP contribution in [0.4, 0.5) is 8.78 Å². The number of nitrogens with zero attached hydrogens (tertiary/aromatic N) is 1. The Morgan fingerprint density at radius 1 is 1.37 bits per heavy atom. The Hall–Kier alpha value is -1.49. The smallest absolute Gasteiger partial charge is 0.226 e. The Morgan fingerprint density at radius 3 is 2.42 bits per heavy atom. The van der Waals surface area contributed by atoms with Crippen molar-refractivity contribution in [2.75, 3.05) is 20.1 Å². The molecule has 1 rings (SSSR count). The Labute approximate surface area is 112 Å². The lowest BCUT2D eigenvalue weighted by atomic mass is 10.1. The predicted molar refractivity (Wildman–Crippen MR) is 70.5 cm³/mol. The monoisotopic (exact) mass is 270 g/mol. The minimum Gasteiger partial charge on any atom is -0.338 e. The second-order valence-corrected chi connectivity index (χ2v) is 4.51. The number of benzene rings is 1. The van der Waals surface area contributed by atoms with Crippen LogP contribution in [0.5, 0.6) is 0 Å². The highest BCUT2D eigenvalue weighted by molar-refractivity contribution is 5.78. The highest BCUT2D eigenvalue weighted by Gasteiger charge is 2.21. The summed E-state index contributed by atoms with van der Waals surface area (Å²) in [7, 11) is 1.76. The fourth-order valence-corrected chi connectivity index (χ4v) is 1.92. The van der Waals surface area contributed by atoms with Crippen molar-refractivity contribution in [3.8, 4) is 0 Å². The van der Waals surface area contributed by atoms with Crippen LogP contribution in [0.25, 0.3) is 0 Å². The van der Waals surface area contributed by atoms with Gasteiger partial charge in [-0.25, -0.2) is 8.78 Å². The minimum absolute atomic E-state index is 0.0398. The topological polar surface area (TPSA) is 32.3 Å². The second kappa shape index (κ2) is 7.19. The lowest BCUT2D eigenvalue weighted by Crippen LogP contribution is -2.38. The van der Waals surface area contributed by atoms with Crippen LogP contribution in [-0.4, -0.2) is 30.9 Å². The normalized spacial score (nSPS) is 12.3. The van der Waals surface area contributed by atoms with Crippen molar-refractivity contribution in [1.82, 2.24) is 10.2 Å². The highest BCUT2D eigenvalue weighted by atomic mass is 19.1. The number of amides is 1. The zero-order valence-corrected chi connectivity index (χ0v) is 11.5. The Kier molecular flexibility index (Phi) is 5.89. The molecule has 0 aromatic heterocycles. The van der Waals surface area contributed by atoms with Crippen LogP contribution < -0.4 is 5.32 Å². The molecule has 1 unspecified atom stereocenters. The number of hydrogen-bond donors (Lipinski definition) is 1. The van der Waals surface area contributed by atoms with Crippen LogP contribution >= 0.6 is 0 Å². The number of rotatable bonds is 6. The van der Waals surface area contributed by atoms with Crippen LogP contribution in [0.15, 0.2) is 18.2 Å². The summed E-state index contributed by atoms with van der Waals surface area (Å²) in [6.07, 6.45) is 0. The van der Waals surface area contributed by atoms with E-state index in [9.17, 15) is 13.6 Å². The summed E-state index contributed by atoms with van der Waals surface area (Å²) in [4.78, 5) is 13.6. The van der Waals surface area contributed by atoms with Crippen molar-refractivity contribution in [2.45, 2.75) is 20.4 Å². The molecule has 1 atom stereocenters. The first-order valence-corrected chi connectivity index (χ1v) is 6.37. The first kappa shape index (κ1) is 15.6. The van der Waals surface area contributed by atoms with E-state index < -0.39 is 11.6 Å². The van der Waals surface area contributed by atoms with E-state index in [4.69, 9.17) is 0 Å². The number of nitrogens with one attached hydrogen (secondary N) is 1. The molecule has 1 amide bonds. The van der Waals surface area contributed by atoms with Gasteiger partial charge in [-0.1, -0.05) is 13.0 Å². The third-order valence-corrected chi connectivity index (χ3v) is 3.04. The largest absolute Gasteiger partial charge is 0.338 e. The first-order valence-electron chi connectivity index (χ1n) is 6.37. The van der Waals surface area contributed by atoms with E-state index >= 15 is 0 Å². The van der Waals surface area contributed by atoms with Crippen molar-refractivity contribution in [3.63, 3.8) is 0 Å². The van der Waals surface area contributed by atoms with Crippen LogP contribution in [-0.2, 0) is 11.3 Å². The fourth-order valence-electron chi connectivity index (χ4n) is 1.92. The molecular weight excluding hydrogens is 250 g/mol. The summed E-state index contributed by atoms with van der Waals surface area (Å²) in [6, 6.07) is 3.72. The van der Waals surface area contributed by atoms with Gasteiger partial charge in [0.05, 0.1) is 6.54 Å². The number of carbonyl (C=O) groups is 1. The second-order valence-electron chi connectivity index (χ2n) is 4.51. The van der Waals surface area contributed by atoms with Gasteiger partial charge < -0.3 is 10.2 Å². The summed E-state index contributed by atoms with van der Waals surface area (Å²) in [5.74, 6) is -1.57. The molecule has 5 heteroatoms. The number of hydrogen-bond acceptors (Lipinski definition) is 2. The fraction of sp³-hybridized carbons (Fsp3) is 0.500. The van der Waals surface area contributed by atoms with Gasteiger partial charge in [0.15, 0.2) is 0 Å². The summed E-state index contributed by atoms with van der Waals surface area (Å²) in [6.45, 7) is 4.50. The molecule has 106 valence electrons. The summed E-state index contributed by atoms with van der Waals surface area (Å²) < 4.78 is 27.1. The molecule has 0 spiro atoms. The van der Waals surface area contributed by atoms with Gasteiger partial charge >= 0.3 is 0 Å². The number of carbonyl (C=O) groups excluding carboxylic acids is 1. The van der Waals surface area contributed by atoms with Crippen LogP contribution in [0.1, 0.15) is 19.4 Å². The van der Waals surface area contributed by atoms with Gasteiger partial charge in [0, 0.05) is 24.6 Å². The molecule has 0 heterocycles. The Balaban J connectivity index is 2.85. The number of halogens is 2. The van der Waals surface area contributed by atoms with Crippen LogP contribution in [0.2, 0.25) is 0 Å². The molecular formula is C14H20F2N2O. The summed E-state index contributed by atoms with van der Waals surface area (Å²) >= 11 is 0. The van der Waals surface area contributed by atoms with Crippen LogP contribution in [0, 0.1) is 17.6 Å². The molecule has 1 aromatic rings.